The van der Waals surface area contributed by atoms with Crippen molar-refractivity contribution in [3.05, 3.63) is 0 Å². The zero-order chi connectivity index (χ0) is 12.1. The Morgan fingerprint density at radius 2 is 2.00 bits per heavy atom. The van der Waals surface area contributed by atoms with Crippen LogP contribution in [0.5, 0.6) is 0 Å². The Kier molecular flexibility index (Phi) is 6.51. The highest BCUT2D eigenvalue weighted by Crippen LogP contribution is 2.25. The Hall–Kier alpha value is -0.0400. The van der Waals surface area contributed by atoms with Gasteiger partial charge < -0.3 is 15.2 Å². The molecule has 0 aliphatic heterocycles. The summed E-state index contributed by atoms with van der Waals surface area (Å²) in [6.45, 7) is -0.470. The third-order valence-electron chi connectivity index (χ3n) is 1.14. The van der Waals surface area contributed by atoms with E-state index in [1.807, 2.05) is 5.32 Å². The highest BCUT2D eigenvalue weighted by atomic mass is 35.6. The topological polar surface area (TPSA) is 75.6 Å². The molecule has 0 bridgehead atoms. The average molecular weight is 297 g/mol. The van der Waals surface area contributed by atoms with Crippen molar-refractivity contribution in [3.8, 4) is 0 Å². The monoisotopic (exact) mass is 295 g/mol. The Bertz CT molecular complexity index is 245. The minimum absolute atomic E-state index is 0.0712. The van der Waals surface area contributed by atoms with Crippen molar-refractivity contribution < 1.29 is 19.4 Å². The molecule has 0 spiro atoms. The minimum Gasteiger partial charge on any atom is -0.480 e. The summed E-state index contributed by atoms with van der Waals surface area (Å²) in [5.74, 6) is -1.30. The minimum atomic E-state index is -1.73. The van der Waals surface area contributed by atoms with Crippen LogP contribution >= 0.6 is 47.4 Å². The summed E-state index contributed by atoms with van der Waals surface area (Å²) in [5, 5.41) is 10.6. The number of hydrogen-bond donors (Lipinski definition) is 3. The van der Waals surface area contributed by atoms with E-state index in [0.717, 1.165) is 0 Å². The van der Waals surface area contributed by atoms with Gasteiger partial charge in [0.25, 0.3) is 0 Å². The molecule has 2 N–H and O–H groups in total. The fraction of sp³-hybridized carbons (Fsp3) is 0.667. The van der Waals surface area contributed by atoms with Crippen LogP contribution in [-0.4, -0.2) is 39.4 Å². The van der Waals surface area contributed by atoms with Crippen LogP contribution in [0.1, 0.15) is 0 Å². The normalized spacial score (nSPS) is 13.1. The first-order valence-electron chi connectivity index (χ1n) is 3.60. The summed E-state index contributed by atoms with van der Waals surface area (Å²) in [4.78, 5) is 21.4. The van der Waals surface area contributed by atoms with Crippen LogP contribution in [0.4, 0.5) is 4.79 Å². The maximum atomic E-state index is 11.0. The average Bonchev–Trinajstić information content (AvgIpc) is 2.09. The number of thiol groups is 1. The fourth-order valence-corrected chi connectivity index (χ4v) is 0.928. The van der Waals surface area contributed by atoms with Crippen LogP contribution in [0.25, 0.3) is 0 Å². The summed E-state index contributed by atoms with van der Waals surface area (Å²) in [5.41, 5.74) is 0. The predicted molar refractivity (Wildman–Crippen MR) is 60.1 cm³/mol. The van der Waals surface area contributed by atoms with E-state index in [1.165, 1.54) is 0 Å². The van der Waals surface area contributed by atoms with Crippen LogP contribution < -0.4 is 5.32 Å². The zero-order valence-electron chi connectivity index (χ0n) is 7.24. The number of rotatable bonds is 4. The first-order chi connectivity index (χ1) is 6.76. The van der Waals surface area contributed by atoms with Gasteiger partial charge in [0.2, 0.25) is 3.79 Å². The lowest BCUT2D eigenvalue weighted by atomic mass is 10.3. The Balaban J connectivity index is 3.98. The third-order valence-corrected chi connectivity index (χ3v) is 1.83. The van der Waals surface area contributed by atoms with Crippen LogP contribution in [-0.2, 0) is 9.53 Å². The van der Waals surface area contributed by atoms with E-state index in [2.05, 4.69) is 17.4 Å². The summed E-state index contributed by atoms with van der Waals surface area (Å²) in [7, 11) is 0. The van der Waals surface area contributed by atoms with Gasteiger partial charge in [-0.25, -0.2) is 9.59 Å². The molecule has 0 aliphatic rings. The quantitative estimate of drug-likeness (QED) is 0.542. The fourth-order valence-electron chi connectivity index (χ4n) is 0.517. The van der Waals surface area contributed by atoms with Gasteiger partial charge in [-0.2, -0.15) is 12.6 Å². The van der Waals surface area contributed by atoms with Crippen LogP contribution in [0.15, 0.2) is 0 Å². The highest BCUT2D eigenvalue weighted by Gasteiger charge is 2.24. The number of alkyl halides is 3. The molecule has 1 amide bonds. The number of carboxylic acid groups (broad SMARTS) is 1. The molecule has 0 radical (unpaired) electrons. The van der Waals surface area contributed by atoms with Gasteiger partial charge >= 0.3 is 12.1 Å². The molecule has 9 heteroatoms. The van der Waals surface area contributed by atoms with Crippen molar-refractivity contribution in [1.82, 2.24) is 5.32 Å². The van der Waals surface area contributed by atoms with Crippen molar-refractivity contribution in [2.75, 3.05) is 12.4 Å². The van der Waals surface area contributed by atoms with Crippen molar-refractivity contribution in [3.63, 3.8) is 0 Å². The van der Waals surface area contributed by atoms with E-state index in [0.29, 0.717) is 0 Å². The number of alkyl carbamates (subject to hydrolysis) is 1. The van der Waals surface area contributed by atoms with Crippen LogP contribution in [0, 0.1) is 0 Å². The van der Waals surface area contributed by atoms with E-state index >= 15 is 0 Å². The standard InChI is InChI=1S/C6H8Cl3NO4S/c7-6(8,9)2-14-5(13)10-3(1-15)4(11)12/h3,15H,1-2H2,(H,10,13)(H,11,12)/t3-/m0/s1. The number of carbonyl (C=O) groups excluding carboxylic acids is 1. The largest absolute Gasteiger partial charge is 0.480 e. The Morgan fingerprint density at radius 3 is 2.33 bits per heavy atom. The van der Waals surface area contributed by atoms with E-state index in [-0.39, 0.29) is 5.75 Å². The van der Waals surface area contributed by atoms with Crippen molar-refractivity contribution >= 4 is 59.5 Å². The third kappa shape index (κ3) is 7.84. The SMILES string of the molecule is O=C(N[C@@H](CS)C(=O)O)OCC(Cl)(Cl)Cl. The molecule has 0 fully saturated rings. The maximum absolute atomic E-state index is 11.0. The molecule has 0 aromatic rings. The Labute approximate surface area is 106 Å². The molecule has 0 aromatic heterocycles. The van der Waals surface area contributed by atoms with Gasteiger partial charge in [-0.3, -0.25) is 0 Å². The zero-order valence-corrected chi connectivity index (χ0v) is 10.4. The van der Waals surface area contributed by atoms with Gasteiger partial charge in [0.1, 0.15) is 12.6 Å². The van der Waals surface area contributed by atoms with Gasteiger partial charge in [0.15, 0.2) is 0 Å². The molecular weight excluding hydrogens is 288 g/mol. The molecule has 1 atom stereocenters. The summed E-state index contributed by atoms with van der Waals surface area (Å²) < 4.78 is 2.72. The number of aliphatic carboxylic acids is 1. The second-order valence-electron chi connectivity index (χ2n) is 2.41. The predicted octanol–water partition coefficient (Wildman–Crippen LogP) is 1.47. The second-order valence-corrected chi connectivity index (χ2v) is 5.29. The van der Waals surface area contributed by atoms with E-state index in [9.17, 15) is 9.59 Å². The van der Waals surface area contributed by atoms with Crippen LogP contribution in [0.3, 0.4) is 0 Å². The summed E-state index contributed by atoms with van der Waals surface area (Å²) in [6.07, 6.45) is -0.984. The first kappa shape index (κ1) is 15.0. The number of carboxylic acids is 1. The highest BCUT2D eigenvalue weighted by molar-refractivity contribution is 7.80. The lowest BCUT2D eigenvalue weighted by Crippen LogP contribution is -2.43. The molecule has 5 nitrogen and oxygen atoms in total. The molecular formula is C6H8Cl3NO4S. The molecule has 0 aliphatic carbocycles. The number of amides is 1. The van der Waals surface area contributed by atoms with E-state index in [1.54, 1.807) is 0 Å². The molecule has 88 valence electrons. The smallest absolute Gasteiger partial charge is 0.408 e. The van der Waals surface area contributed by atoms with Gasteiger partial charge in [-0.05, 0) is 0 Å². The van der Waals surface area contributed by atoms with Gasteiger partial charge in [-0.15, -0.1) is 0 Å². The lowest BCUT2D eigenvalue weighted by molar-refractivity contribution is -0.138. The molecule has 0 unspecified atom stereocenters. The van der Waals surface area contributed by atoms with Gasteiger partial charge in [0.05, 0.1) is 0 Å². The number of ether oxygens (including phenoxy) is 1. The number of nitrogens with one attached hydrogen (secondary N) is 1. The molecule has 0 saturated heterocycles. The van der Waals surface area contributed by atoms with E-state index < -0.39 is 28.5 Å². The van der Waals surface area contributed by atoms with Gasteiger partial charge in [-0.1, -0.05) is 34.8 Å². The summed E-state index contributed by atoms with van der Waals surface area (Å²) in [6, 6.07) is -1.14. The van der Waals surface area contributed by atoms with Crippen molar-refractivity contribution in [2.24, 2.45) is 0 Å². The molecule has 0 rings (SSSR count). The van der Waals surface area contributed by atoms with Crippen molar-refractivity contribution in [1.29, 1.82) is 0 Å². The summed E-state index contributed by atoms with van der Waals surface area (Å²) >= 11 is 19.6. The number of carbonyl (C=O) groups is 2. The Morgan fingerprint density at radius 1 is 1.47 bits per heavy atom. The number of halogens is 3. The first-order valence-corrected chi connectivity index (χ1v) is 5.36. The molecule has 0 heterocycles. The molecule has 0 aromatic carbocycles. The second kappa shape index (κ2) is 6.52. The van der Waals surface area contributed by atoms with Crippen molar-refractivity contribution in [2.45, 2.75) is 9.83 Å². The van der Waals surface area contributed by atoms with Gasteiger partial charge in [0, 0.05) is 5.75 Å². The van der Waals surface area contributed by atoms with E-state index in [4.69, 9.17) is 39.9 Å². The maximum Gasteiger partial charge on any atom is 0.408 e. The number of hydrogen-bond acceptors (Lipinski definition) is 4. The molecule has 0 saturated carbocycles. The lowest BCUT2D eigenvalue weighted by Gasteiger charge is -2.14. The van der Waals surface area contributed by atoms with Crippen LogP contribution in [0.2, 0.25) is 0 Å². The molecule has 15 heavy (non-hydrogen) atoms.